The topological polar surface area (TPSA) is 77.7 Å². The van der Waals surface area contributed by atoms with Crippen LogP contribution in [0.2, 0.25) is 0 Å². The van der Waals surface area contributed by atoms with Gasteiger partial charge in [0.05, 0.1) is 17.2 Å². The Hall–Kier alpha value is -1.76. The highest BCUT2D eigenvalue weighted by molar-refractivity contribution is 7.91. The van der Waals surface area contributed by atoms with E-state index in [4.69, 9.17) is 0 Å². The first-order valence-electron chi connectivity index (χ1n) is 6.01. The number of nitrogens with zero attached hydrogens (tertiary/aromatic N) is 4. The molecule has 102 valence electrons. The molecule has 2 rings (SSSR count). The van der Waals surface area contributed by atoms with Crippen molar-refractivity contribution in [1.29, 1.82) is 0 Å². The first kappa shape index (κ1) is 13.7. The van der Waals surface area contributed by atoms with Gasteiger partial charge in [-0.2, -0.15) is 4.80 Å². The number of sulfone groups is 1. The zero-order valence-electron chi connectivity index (χ0n) is 10.9. The van der Waals surface area contributed by atoms with E-state index < -0.39 is 9.84 Å². The highest BCUT2D eigenvalue weighted by atomic mass is 32.2. The maximum Gasteiger partial charge on any atom is 0.178 e. The van der Waals surface area contributed by atoms with Crippen LogP contribution in [0.4, 0.5) is 0 Å². The zero-order valence-corrected chi connectivity index (χ0v) is 11.8. The summed E-state index contributed by atoms with van der Waals surface area (Å²) in [5.74, 6) is 0.665. The van der Waals surface area contributed by atoms with Gasteiger partial charge in [0.1, 0.15) is 0 Å². The normalized spacial score (nSPS) is 11.7. The van der Waals surface area contributed by atoms with E-state index in [-0.39, 0.29) is 5.75 Å². The quantitative estimate of drug-likeness (QED) is 0.821. The minimum absolute atomic E-state index is 0.0804. The molecule has 1 aromatic heterocycles. The van der Waals surface area contributed by atoms with Crippen LogP contribution in [-0.4, -0.2) is 34.4 Å². The molecule has 0 fully saturated rings. The highest BCUT2D eigenvalue weighted by Gasteiger charge is 2.14. The number of aromatic nitrogens is 4. The van der Waals surface area contributed by atoms with E-state index in [9.17, 15) is 8.42 Å². The number of tetrazole rings is 1. The van der Waals surface area contributed by atoms with E-state index in [1.165, 1.54) is 4.80 Å². The number of benzene rings is 1. The van der Waals surface area contributed by atoms with Gasteiger partial charge >= 0.3 is 0 Å². The SMILES string of the molecule is Cc1cccc(S(=O)(=O)CCCn2nnc(C)n2)c1. The lowest BCUT2D eigenvalue weighted by molar-refractivity contribution is 0.509. The van der Waals surface area contributed by atoms with Crippen LogP contribution in [-0.2, 0) is 16.4 Å². The van der Waals surface area contributed by atoms with Crippen LogP contribution in [0.25, 0.3) is 0 Å². The molecule has 0 spiro atoms. The van der Waals surface area contributed by atoms with Crippen molar-refractivity contribution in [1.82, 2.24) is 20.2 Å². The highest BCUT2D eigenvalue weighted by Crippen LogP contribution is 2.13. The summed E-state index contributed by atoms with van der Waals surface area (Å²) in [5, 5.41) is 11.6. The van der Waals surface area contributed by atoms with Gasteiger partial charge in [-0.1, -0.05) is 12.1 Å². The molecule has 0 atom stereocenters. The molecule has 19 heavy (non-hydrogen) atoms. The number of aryl methyl sites for hydroxylation is 3. The molecular formula is C12H16N4O2S. The molecule has 7 heteroatoms. The zero-order chi connectivity index (χ0) is 13.9. The molecule has 0 aliphatic rings. The summed E-state index contributed by atoms with van der Waals surface area (Å²) in [6.45, 7) is 4.07. The summed E-state index contributed by atoms with van der Waals surface area (Å²) in [6.07, 6.45) is 0.464. The molecule has 2 aromatic rings. The third-order valence-electron chi connectivity index (χ3n) is 2.67. The molecule has 1 aromatic carbocycles. The molecule has 6 nitrogen and oxygen atoms in total. The Bertz CT molecular complexity index is 664. The van der Waals surface area contributed by atoms with E-state index in [0.717, 1.165) is 5.56 Å². The average Bonchev–Trinajstić information content (AvgIpc) is 2.75. The Labute approximate surface area is 112 Å². The second-order valence-corrected chi connectivity index (χ2v) is 6.53. The van der Waals surface area contributed by atoms with Gasteiger partial charge in [-0.15, -0.1) is 10.2 Å². The fourth-order valence-electron chi connectivity index (χ4n) is 1.74. The lowest BCUT2D eigenvalue weighted by Gasteiger charge is -2.04. The molecule has 0 aliphatic carbocycles. The maximum absolute atomic E-state index is 12.1. The Morgan fingerprint density at radius 1 is 1.26 bits per heavy atom. The minimum atomic E-state index is -3.24. The fourth-order valence-corrected chi connectivity index (χ4v) is 3.14. The largest absolute Gasteiger partial charge is 0.224 e. The standard InChI is InChI=1S/C12H16N4O2S/c1-10-5-3-6-12(9-10)19(17,18)8-4-7-16-14-11(2)13-15-16/h3,5-6,9H,4,7-8H2,1-2H3. The molecule has 0 saturated heterocycles. The lowest BCUT2D eigenvalue weighted by Crippen LogP contribution is -2.11. The lowest BCUT2D eigenvalue weighted by atomic mass is 10.2. The molecule has 0 saturated carbocycles. The van der Waals surface area contributed by atoms with Crippen molar-refractivity contribution in [2.75, 3.05) is 5.75 Å². The predicted molar refractivity (Wildman–Crippen MR) is 70.4 cm³/mol. The summed E-state index contributed by atoms with van der Waals surface area (Å²) in [4.78, 5) is 1.79. The first-order valence-corrected chi connectivity index (χ1v) is 7.66. The summed E-state index contributed by atoms with van der Waals surface area (Å²) >= 11 is 0. The Kier molecular flexibility index (Phi) is 3.94. The van der Waals surface area contributed by atoms with Gasteiger partial charge in [0.15, 0.2) is 15.7 Å². The monoisotopic (exact) mass is 280 g/mol. The molecular weight excluding hydrogens is 264 g/mol. The Balaban J connectivity index is 1.98. The van der Waals surface area contributed by atoms with Crippen molar-refractivity contribution < 1.29 is 8.42 Å². The number of hydrogen-bond acceptors (Lipinski definition) is 5. The van der Waals surface area contributed by atoms with Crippen molar-refractivity contribution in [3.05, 3.63) is 35.7 Å². The molecule has 0 unspecified atom stereocenters. The van der Waals surface area contributed by atoms with Crippen LogP contribution >= 0.6 is 0 Å². The molecule has 0 amide bonds. The third-order valence-corrected chi connectivity index (χ3v) is 4.47. The van der Waals surface area contributed by atoms with Crippen molar-refractivity contribution in [2.24, 2.45) is 0 Å². The predicted octanol–water partition coefficient (Wildman–Crippen LogP) is 1.15. The average molecular weight is 280 g/mol. The second-order valence-electron chi connectivity index (χ2n) is 4.42. The number of rotatable bonds is 5. The maximum atomic E-state index is 12.1. The van der Waals surface area contributed by atoms with Crippen LogP contribution in [0.5, 0.6) is 0 Å². The van der Waals surface area contributed by atoms with E-state index in [2.05, 4.69) is 15.4 Å². The van der Waals surface area contributed by atoms with Gasteiger partial charge in [-0.3, -0.25) is 0 Å². The van der Waals surface area contributed by atoms with E-state index in [0.29, 0.717) is 23.7 Å². The summed E-state index contributed by atoms with van der Waals surface area (Å²) in [5.41, 5.74) is 0.939. The van der Waals surface area contributed by atoms with Crippen LogP contribution in [0.15, 0.2) is 29.2 Å². The van der Waals surface area contributed by atoms with Gasteiger partial charge in [-0.25, -0.2) is 8.42 Å². The van der Waals surface area contributed by atoms with Crippen molar-refractivity contribution >= 4 is 9.84 Å². The van der Waals surface area contributed by atoms with Crippen molar-refractivity contribution in [2.45, 2.75) is 31.7 Å². The van der Waals surface area contributed by atoms with Gasteiger partial charge in [0, 0.05) is 0 Å². The van der Waals surface area contributed by atoms with E-state index >= 15 is 0 Å². The van der Waals surface area contributed by atoms with E-state index in [1.807, 2.05) is 13.0 Å². The van der Waals surface area contributed by atoms with Crippen LogP contribution in [0.3, 0.4) is 0 Å². The minimum Gasteiger partial charge on any atom is -0.224 e. The van der Waals surface area contributed by atoms with Gasteiger partial charge in [0.25, 0.3) is 0 Å². The second kappa shape index (κ2) is 5.48. The van der Waals surface area contributed by atoms with Gasteiger partial charge < -0.3 is 0 Å². The van der Waals surface area contributed by atoms with Crippen molar-refractivity contribution in [3.63, 3.8) is 0 Å². The van der Waals surface area contributed by atoms with Crippen LogP contribution in [0.1, 0.15) is 17.8 Å². The molecule has 0 N–H and O–H groups in total. The number of hydrogen-bond donors (Lipinski definition) is 0. The molecule has 0 aliphatic heterocycles. The van der Waals surface area contributed by atoms with Crippen LogP contribution in [0, 0.1) is 13.8 Å². The summed E-state index contributed by atoms with van der Waals surface area (Å²) in [6, 6.07) is 6.94. The fraction of sp³-hybridized carbons (Fsp3) is 0.417. The summed E-state index contributed by atoms with van der Waals surface area (Å²) in [7, 11) is -3.24. The van der Waals surface area contributed by atoms with Gasteiger partial charge in [0.2, 0.25) is 0 Å². The third kappa shape index (κ3) is 3.60. The van der Waals surface area contributed by atoms with Crippen molar-refractivity contribution in [3.8, 4) is 0 Å². The summed E-state index contributed by atoms with van der Waals surface area (Å²) < 4.78 is 24.2. The van der Waals surface area contributed by atoms with Gasteiger partial charge in [-0.05, 0) is 43.2 Å². The Morgan fingerprint density at radius 2 is 2.05 bits per heavy atom. The molecule has 0 radical (unpaired) electrons. The Morgan fingerprint density at radius 3 is 2.68 bits per heavy atom. The van der Waals surface area contributed by atoms with Crippen LogP contribution < -0.4 is 0 Å². The molecule has 1 heterocycles. The first-order chi connectivity index (χ1) is 8.97. The smallest absolute Gasteiger partial charge is 0.178 e. The molecule has 0 bridgehead atoms. The van der Waals surface area contributed by atoms with E-state index in [1.54, 1.807) is 25.1 Å².